The van der Waals surface area contributed by atoms with Gasteiger partial charge in [0.1, 0.15) is 12.1 Å². The smallest absolute Gasteiger partial charge is 0.138 e. The molecular weight excluding hydrogens is 236 g/mol. The number of aromatic nitrogens is 3. The predicted octanol–water partition coefficient (Wildman–Crippen LogP) is 2.43. The Labute approximate surface area is 113 Å². The van der Waals surface area contributed by atoms with Gasteiger partial charge in [-0.25, -0.2) is 9.97 Å². The SMILES string of the molecule is CNC(C)c1ccnc(-n2cnc3c2CCCC3)c1. The molecule has 1 aliphatic rings. The molecule has 2 heterocycles. The summed E-state index contributed by atoms with van der Waals surface area (Å²) in [5.41, 5.74) is 3.85. The van der Waals surface area contributed by atoms with Crippen LogP contribution >= 0.6 is 0 Å². The first kappa shape index (κ1) is 12.4. The molecule has 0 saturated heterocycles. The van der Waals surface area contributed by atoms with Crippen molar-refractivity contribution in [2.45, 2.75) is 38.6 Å². The van der Waals surface area contributed by atoms with E-state index in [4.69, 9.17) is 0 Å². The molecule has 0 fully saturated rings. The van der Waals surface area contributed by atoms with Crippen LogP contribution in [-0.4, -0.2) is 21.6 Å². The molecule has 1 N–H and O–H groups in total. The van der Waals surface area contributed by atoms with Crippen molar-refractivity contribution in [3.8, 4) is 5.82 Å². The second kappa shape index (κ2) is 5.13. The van der Waals surface area contributed by atoms with Crippen LogP contribution in [0.25, 0.3) is 5.82 Å². The lowest BCUT2D eigenvalue weighted by Gasteiger charge is -2.15. The topological polar surface area (TPSA) is 42.7 Å². The van der Waals surface area contributed by atoms with E-state index in [1.54, 1.807) is 0 Å². The summed E-state index contributed by atoms with van der Waals surface area (Å²) in [5.74, 6) is 0.982. The van der Waals surface area contributed by atoms with E-state index in [2.05, 4.69) is 38.9 Å². The van der Waals surface area contributed by atoms with Crippen LogP contribution in [0.4, 0.5) is 0 Å². The van der Waals surface area contributed by atoms with Crippen molar-refractivity contribution in [3.05, 3.63) is 41.6 Å². The number of nitrogens with zero attached hydrogens (tertiary/aromatic N) is 3. The van der Waals surface area contributed by atoms with Gasteiger partial charge in [0.2, 0.25) is 0 Å². The molecule has 0 aromatic carbocycles. The zero-order valence-corrected chi connectivity index (χ0v) is 11.6. The Morgan fingerprint density at radius 1 is 1.26 bits per heavy atom. The van der Waals surface area contributed by atoms with Crippen LogP contribution in [0.5, 0.6) is 0 Å². The maximum Gasteiger partial charge on any atom is 0.138 e. The van der Waals surface area contributed by atoms with Crippen molar-refractivity contribution in [3.63, 3.8) is 0 Å². The summed E-state index contributed by atoms with van der Waals surface area (Å²) in [7, 11) is 1.98. The van der Waals surface area contributed by atoms with Gasteiger partial charge in [-0.3, -0.25) is 4.57 Å². The van der Waals surface area contributed by atoms with E-state index in [-0.39, 0.29) is 0 Å². The maximum absolute atomic E-state index is 4.54. The quantitative estimate of drug-likeness (QED) is 0.917. The molecule has 1 unspecified atom stereocenters. The molecule has 19 heavy (non-hydrogen) atoms. The molecule has 0 amide bonds. The molecule has 0 radical (unpaired) electrons. The summed E-state index contributed by atoms with van der Waals surface area (Å²) in [6.07, 6.45) is 8.54. The third kappa shape index (κ3) is 2.28. The lowest BCUT2D eigenvalue weighted by atomic mass is 10.0. The van der Waals surface area contributed by atoms with Crippen molar-refractivity contribution >= 4 is 0 Å². The van der Waals surface area contributed by atoms with E-state index in [0.717, 1.165) is 18.7 Å². The fourth-order valence-corrected chi connectivity index (χ4v) is 2.67. The molecule has 4 nitrogen and oxygen atoms in total. The van der Waals surface area contributed by atoms with E-state index in [0.29, 0.717) is 6.04 Å². The molecular formula is C15H20N4. The minimum absolute atomic E-state index is 0.334. The van der Waals surface area contributed by atoms with Crippen LogP contribution < -0.4 is 5.32 Å². The van der Waals surface area contributed by atoms with E-state index in [1.165, 1.54) is 29.8 Å². The summed E-state index contributed by atoms with van der Waals surface area (Å²) in [4.78, 5) is 9.04. The van der Waals surface area contributed by atoms with Crippen molar-refractivity contribution in [2.75, 3.05) is 7.05 Å². The Morgan fingerprint density at radius 2 is 2.11 bits per heavy atom. The highest BCUT2D eigenvalue weighted by Gasteiger charge is 2.17. The maximum atomic E-state index is 4.54. The van der Waals surface area contributed by atoms with Crippen molar-refractivity contribution in [2.24, 2.45) is 0 Å². The summed E-state index contributed by atoms with van der Waals surface area (Å²) in [6.45, 7) is 2.16. The average Bonchev–Trinajstić information content (AvgIpc) is 2.90. The van der Waals surface area contributed by atoms with Gasteiger partial charge in [-0.05, 0) is 57.4 Å². The number of fused-ring (bicyclic) bond motifs is 1. The van der Waals surface area contributed by atoms with Crippen LogP contribution in [0.2, 0.25) is 0 Å². The lowest BCUT2D eigenvalue weighted by Crippen LogP contribution is -2.13. The van der Waals surface area contributed by atoms with Gasteiger partial charge in [0.15, 0.2) is 0 Å². The molecule has 2 aromatic rings. The van der Waals surface area contributed by atoms with Crippen molar-refractivity contribution in [1.82, 2.24) is 19.9 Å². The Kier molecular flexibility index (Phi) is 3.34. The zero-order chi connectivity index (χ0) is 13.2. The van der Waals surface area contributed by atoms with Crippen LogP contribution in [-0.2, 0) is 12.8 Å². The summed E-state index contributed by atoms with van der Waals surface area (Å²) >= 11 is 0. The zero-order valence-electron chi connectivity index (χ0n) is 11.6. The van der Waals surface area contributed by atoms with Crippen LogP contribution in [0, 0.1) is 0 Å². The molecule has 0 aliphatic heterocycles. The van der Waals surface area contributed by atoms with Crippen LogP contribution in [0.3, 0.4) is 0 Å². The number of aryl methyl sites for hydroxylation is 1. The van der Waals surface area contributed by atoms with Crippen molar-refractivity contribution < 1.29 is 0 Å². The van der Waals surface area contributed by atoms with Crippen LogP contribution in [0.1, 0.15) is 42.8 Å². The van der Waals surface area contributed by atoms with Gasteiger partial charge in [-0.15, -0.1) is 0 Å². The highest BCUT2D eigenvalue weighted by molar-refractivity contribution is 5.34. The Hall–Kier alpha value is -1.68. The summed E-state index contributed by atoms with van der Waals surface area (Å²) in [5, 5.41) is 3.26. The number of hydrogen-bond donors (Lipinski definition) is 1. The molecule has 100 valence electrons. The largest absolute Gasteiger partial charge is 0.313 e. The van der Waals surface area contributed by atoms with Gasteiger partial charge in [-0.2, -0.15) is 0 Å². The predicted molar refractivity (Wildman–Crippen MR) is 75.5 cm³/mol. The number of nitrogens with one attached hydrogen (secondary N) is 1. The summed E-state index contributed by atoms with van der Waals surface area (Å²) < 4.78 is 2.15. The second-order valence-corrected chi connectivity index (χ2v) is 5.17. The first-order valence-corrected chi connectivity index (χ1v) is 6.98. The van der Waals surface area contributed by atoms with Gasteiger partial charge >= 0.3 is 0 Å². The fraction of sp³-hybridized carbons (Fsp3) is 0.467. The van der Waals surface area contributed by atoms with Gasteiger partial charge in [-0.1, -0.05) is 0 Å². The van der Waals surface area contributed by atoms with E-state index in [1.807, 2.05) is 19.6 Å². The minimum Gasteiger partial charge on any atom is -0.313 e. The fourth-order valence-electron chi connectivity index (χ4n) is 2.67. The molecule has 4 heteroatoms. The molecule has 0 bridgehead atoms. The van der Waals surface area contributed by atoms with E-state index >= 15 is 0 Å². The van der Waals surface area contributed by atoms with Gasteiger partial charge in [0.25, 0.3) is 0 Å². The molecule has 0 spiro atoms. The van der Waals surface area contributed by atoms with Gasteiger partial charge in [0, 0.05) is 17.9 Å². The van der Waals surface area contributed by atoms with Gasteiger partial charge < -0.3 is 5.32 Å². The average molecular weight is 256 g/mol. The van der Waals surface area contributed by atoms with E-state index < -0.39 is 0 Å². The van der Waals surface area contributed by atoms with Crippen molar-refractivity contribution in [1.29, 1.82) is 0 Å². The lowest BCUT2D eigenvalue weighted by molar-refractivity contribution is 0.645. The van der Waals surface area contributed by atoms with Crippen LogP contribution in [0.15, 0.2) is 24.7 Å². The highest BCUT2D eigenvalue weighted by atomic mass is 15.1. The monoisotopic (exact) mass is 256 g/mol. The summed E-state index contributed by atoms with van der Waals surface area (Å²) in [6, 6.07) is 4.55. The third-order valence-corrected chi connectivity index (χ3v) is 3.98. The number of pyridine rings is 1. The Balaban J connectivity index is 2.00. The normalized spacial score (nSPS) is 16.1. The first-order chi connectivity index (χ1) is 9.29. The number of hydrogen-bond acceptors (Lipinski definition) is 3. The minimum atomic E-state index is 0.334. The Bertz CT molecular complexity index is 573. The number of rotatable bonds is 3. The molecule has 2 aromatic heterocycles. The van der Waals surface area contributed by atoms with E-state index in [9.17, 15) is 0 Å². The number of imidazole rings is 1. The highest BCUT2D eigenvalue weighted by Crippen LogP contribution is 2.23. The molecule has 0 saturated carbocycles. The third-order valence-electron chi connectivity index (χ3n) is 3.98. The molecule has 1 aliphatic carbocycles. The molecule has 1 atom stereocenters. The Morgan fingerprint density at radius 3 is 2.95 bits per heavy atom. The standard InChI is InChI=1S/C15H20N4/c1-11(16-2)12-7-8-17-15(9-12)19-10-18-13-5-3-4-6-14(13)19/h7-11,16H,3-6H2,1-2H3. The first-order valence-electron chi connectivity index (χ1n) is 6.98. The van der Waals surface area contributed by atoms with Gasteiger partial charge in [0.05, 0.1) is 5.69 Å². The second-order valence-electron chi connectivity index (χ2n) is 5.17. The molecule has 3 rings (SSSR count).